The van der Waals surface area contributed by atoms with E-state index in [1.54, 1.807) is 6.26 Å². The summed E-state index contributed by atoms with van der Waals surface area (Å²) in [6.45, 7) is 2.95. The SMILES string of the molecule is CCC(Nc1ccc2c(c1)CCO2)c1ccco1. The van der Waals surface area contributed by atoms with Crippen molar-refractivity contribution in [2.75, 3.05) is 11.9 Å². The number of anilines is 1. The van der Waals surface area contributed by atoms with Gasteiger partial charge >= 0.3 is 0 Å². The number of hydrogen-bond donors (Lipinski definition) is 1. The van der Waals surface area contributed by atoms with Crippen LogP contribution in [-0.2, 0) is 6.42 Å². The predicted molar refractivity (Wildman–Crippen MR) is 71.0 cm³/mol. The molecule has 0 amide bonds. The number of benzene rings is 1. The third-order valence-electron chi connectivity index (χ3n) is 3.33. The van der Waals surface area contributed by atoms with Gasteiger partial charge in [0.05, 0.1) is 18.9 Å². The van der Waals surface area contributed by atoms with Gasteiger partial charge in [-0.3, -0.25) is 0 Å². The third kappa shape index (κ3) is 2.08. The fraction of sp³-hybridized carbons (Fsp3) is 0.333. The Hall–Kier alpha value is -1.90. The molecule has 0 saturated heterocycles. The molecule has 94 valence electrons. The molecule has 2 heterocycles. The Morgan fingerprint density at radius 3 is 3.06 bits per heavy atom. The van der Waals surface area contributed by atoms with Crippen LogP contribution >= 0.6 is 0 Å². The lowest BCUT2D eigenvalue weighted by molar-refractivity contribution is 0.357. The lowest BCUT2D eigenvalue weighted by Crippen LogP contribution is -2.08. The minimum Gasteiger partial charge on any atom is -0.493 e. The molecule has 0 radical (unpaired) electrons. The van der Waals surface area contributed by atoms with Crippen LogP contribution in [-0.4, -0.2) is 6.61 Å². The van der Waals surface area contributed by atoms with Crippen LogP contribution in [0, 0.1) is 0 Å². The second kappa shape index (κ2) is 4.77. The predicted octanol–water partition coefficient (Wildman–Crippen LogP) is 3.78. The summed E-state index contributed by atoms with van der Waals surface area (Å²) >= 11 is 0. The van der Waals surface area contributed by atoms with Crippen molar-refractivity contribution in [3.05, 3.63) is 47.9 Å². The topological polar surface area (TPSA) is 34.4 Å². The lowest BCUT2D eigenvalue weighted by Gasteiger charge is -2.16. The molecule has 1 N–H and O–H groups in total. The first-order chi connectivity index (χ1) is 8.86. The van der Waals surface area contributed by atoms with Gasteiger partial charge < -0.3 is 14.5 Å². The van der Waals surface area contributed by atoms with E-state index in [0.29, 0.717) is 0 Å². The van der Waals surface area contributed by atoms with E-state index in [-0.39, 0.29) is 6.04 Å². The molecule has 3 nitrogen and oxygen atoms in total. The van der Waals surface area contributed by atoms with Gasteiger partial charge in [-0.1, -0.05) is 6.92 Å². The third-order valence-corrected chi connectivity index (χ3v) is 3.33. The Labute approximate surface area is 107 Å². The van der Waals surface area contributed by atoms with Crippen molar-refractivity contribution in [3.63, 3.8) is 0 Å². The van der Waals surface area contributed by atoms with Crippen LogP contribution in [0.1, 0.15) is 30.7 Å². The summed E-state index contributed by atoms with van der Waals surface area (Å²) in [6.07, 6.45) is 3.71. The van der Waals surface area contributed by atoms with Crippen molar-refractivity contribution in [2.24, 2.45) is 0 Å². The monoisotopic (exact) mass is 243 g/mol. The first kappa shape index (κ1) is 11.2. The van der Waals surface area contributed by atoms with Crippen molar-refractivity contribution >= 4 is 5.69 Å². The molecule has 0 bridgehead atoms. The molecule has 1 atom stereocenters. The van der Waals surface area contributed by atoms with E-state index in [1.807, 2.05) is 18.2 Å². The van der Waals surface area contributed by atoms with Crippen molar-refractivity contribution in [1.29, 1.82) is 0 Å². The highest BCUT2D eigenvalue weighted by Gasteiger charge is 2.15. The van der Waals surface area contributed by atoms with E-state index >= 15 is 0 Å². The zero-order chi connectivity index (χ0) is 12.4. The largest absolute Gasteiger partial charge is 0.493 e. The van der Waals surface area contributed by atoms with E-state index in [9.17, 15) is 0 Å². The summed E-state index contributed by atoms with van der Waals surface area (Å²) in [6, 6.07) is 10.4. The van der Waals surface area contributed by atoms with Gasteiger partial charge in [-0.15, -0.1) is 0 Å². The van der Waals surface area contributed by atoms with Crippen LogP contribution in [0.15, 0.2) is 41.0 Å². The minimum absolute atomic E-state index is 0.223. The lowest BCUT2D eigenvalue weighted by atomic mass is 10.1. The second-order valence-electron chi connectivity index (χ2n) is 4.54. The fourth-order valence-electron chi connectivity index (χ4n) is 2.34. The molecule has 0 spiro atoms. The van der Waals surface area contributed by atoms with Gasteiger partial charge in [-0.2, -0.15) is 0 Å². The van der Waals surface area contributed by atoms with E-state index in [0.717, 1.165) is 36.6 Å². The number of hydrogen-bond acceptors (Lipinski definition) is 3. The number of furan rings is 1. The van der Waals surface area contributed by atoms with Crippen LogP contribution in [0.2, 0.25) is 0 Å². The summed E-state index contributed by atoms with van der Waals surface area (Å²) in [5, 5.41) is 3.51. The van der Waals surface area contributed by atoms with E-state index in [4.69, 9.17) is 9.15 Å². The summed E-state index contributed by atoms with van der Waals surface area (Å²) in [5.74, 6) is 2.00. The molecule has 3 rings (SSSR count). The second-order valence-corrected chi connectivity index (χ2v) is 4.54. The maximum Gasteiger partial charge on any atom is 0.125 e. The van der Waals surface area contributed by atoms with Crippen molar-refractivity contribution in [2.45, 2.75) is 25.8 Å². The van der Waals surface area contributed by atoms with Gasteiger partial charge in [0.15, 0.2) is 0 Å². The normalized spacial score (nSPS) is 14.9. The first-order valence-corrected chi connectivity index (χ1v) is 6.42. The number of rotatable bonds is 4. The average Bonchev–Trinajstić information content (AvgIpc) is 3.06. The number of fused-ring (bicyclic) bond motifs is 1. The highest BCUT2D eigenvalue weighted by molar-refractivity contribution is 5.53. The minimum atomic E-state index is 0.223. The Kier molecular flexibility index (Phi) is 2.97. The van der Waals surface area contributed by atoms with Crippen LogP contribution in [0.5, 0.6) is 5.75 Å². The van der Waals surface area contributed by atoms with Crippen LogP contribution in [0.4, 0.5) is 5.69 Å². The molecule has 2 aromatic rings. The smallest absolute Gasteiger partial charge is 0.125 e. The van der Waals surface area contributed by atoms with Gasteiger partial charge in [0.2, 0.25) is 0 Å². The number of nitrogens with one attached hydrogen (secondary N) is 1. The Morgan fingerprint density at radius 2 is 2.28 bits per heavy atom. The summed E-state index contributed by atoms with van der Waals surface area (Å²) in [5.41, 5.74) is 2.41. The average molecular weight is 243 g/mol. The summed E-state index contributed by atoms with van der Waals surface area (Å²) < 4.78 is 11.0. The molecule has 1 unspecified atom stereocenters. The molecule has 0 fully saturated rings. The molecule has 0 aliphatic carbocycles. The van der Waals surface area contributed by atoms with Gasteiger partial charge in [0, 0.05) is 12.1 Å². The fourth-order valence-corrected chi connectivity index (χ4v) is 2.34. The Bertz CT molecular complexity index is 519. The molecule has 1 aromatic carbocycles. The number of ether oxygens (including phenoxy) is 1. The maximum absolute atomic E-state index is 5.51. The molecule has 0 saturated carbocycles. The Morgan fingerprint density at radius 1 is 1.33 bits per heavy atom. The zero-order valence-electron chi connectivity index (χ0n) is 10.5. The highest BCUT2D eigenvalue weighted by Crippen LogP contribution is 2.30. The van der Waals surface area contributed by atoms with Crippen molar-refractivity contribution < 1.29 is 9.15 Å². The van der Waals surface area contributed by atoms with Gasteiger partial charge in [0.25, 0.3) is 0 Å². The zero-order valence-corrected chi connectivity index (χ0v) is 10.5. The molecule has 1 aromatic heterocycles. The molecular formula is C15H17NO2. The molecule has 1 aliphatic rings. The Balaban J connectivity index is 1.79. The van der Waals surface area contributed by atoms with Crippen LogP contribution in [0.25, 0.3) is 0 Å². The summed E-state index contributed by atoms with van der Waals surface area (Å²) in [7, 11) is 0. The molecule has 18 heavy (non-hydrogen) atoms. The molecule has 3 heteroatoms. The van der Waals surface area contributed by atoms with E-state index in [1.165, 1.54) is 5.56 Å². The van der Waals surface area contributed by atoms with Gasteiger partial charge in [0.1, 0.15) is 11.5 Å². The van der Waals surface area contributed by atoms with Gasteiger partial charge in [-0.05, 0) is 42.3 Å². The van der Waals surface area contributed by atoms with Crippen LogP contribution < -0.4 is 10.1 Å². The standard InChI is InChI=1S/C15H17NO2/c1-2-13(15-4-3-8-17-15)16-12-5-6-14-11(10-12)7-9-18-14/h3-6,8,10,13,16H,2,7,9H2,1H3. The summed E-state index contributed by atoms with van der Waals surface area (Å²) in [4.78, 5) is 0. The molecular weight excluding hydrogens is 226 g/mol. The highest BCUT2D eigenvalue weighted by atomic mass is 16.5. The maximum atomic E-state index is 5.51. The first-order valence-electron chi connectivity index (χ1n) is 6.42. The van der Waals surface area contributed by atoms with E-state index in [2.05, 4.69) is 24.4 Å². The van der Waals surface area contributed by atoms with Gasteiger partial charge in [-0.25, -0.2) is 0 Å². The van der Waals surface area contributed by atoms with E-state index < -0.39 is 0 Å². The quantitative estimate of drug-likeness (QED) is 0.887. The molecule has 1 aliphatic heterocycles. The van der Waals surface area contributed by atoms with Crippen LogP contribution in [0.3, 0.4) is 0 Å². The van der Waals surface area contributed by atoms with Crippen molar-refractivity contribution in [1.82, 2.24) is 0 Å². The van der Waals surface area contributed by atoms with Crippen molar-refractivity contribution in [3.8, 4) is 5.75 Å².